The number of nitrogens with zero attached hydrogens (tertiary/aromatic N) is 1. The number of carboxylic acids is 1. The highest BCUT2D eigenvalue weighted by molar-refractivity contribution is 7.89. The number of sulfonamides is 1. The molecule has 0 unspecified atom stereocenters. The number of carboxylic acid groups (broad SMARTS) is 1. The highest BCUT2D eigenvalue weighted by atomic mass is 32.2. The number of aliphatic carboxylic acids is 1. The molecule has 23 heavy (non-hydrogen) atoms. The fraction of sp³-hybridized carbons (Fsp3) is 0.333. The van der Waals surface area contributed by atoms with E-state index >= 15 is 0 Å². The molecule has 0 saturated heterocycles. The SMILES string of the molecule is C=CCNS(=O)(=O)c1cccc(C(=O)N(CC)CCC(=O)O)c1. The number of hydrogen-bond acceptors (Lipinski definition) is 4. The van der Waals surface area contributed by atoms with Gasteiger partial charge in [-0.3, -0.25) is 9.59 Å². The maximum atomic E-state index is 12.4. The summed E-state index contributed by atoms with van der Waals surface area (Å²) in [6.07, 6.45) is 1.25. The second kappa shape index (κ2) is 8.44. The largest absolute Gasteiger partial charge is 0.481 e. The van der Waals surface area contributed by atoms with Crippen molar-refractivity contribution in [3.8, 4) is 0 Å². The van der Waals surface area contributed by atoms with Gasteiger partial charge in [-0.15, -0.1) is 6.58 Å². The third kappa shape index (κ3) is 5.50. The predicted molar refractivity (Wildman–Crippen MR) is 85.7 cm³/mol. The highest BCUT2D eigenvalue weighted by Gasteiger charge is 2.19. The van der Waals surface area contributed by atoms with E-state index in [0.717, 1.165) is 0 Å². The second-order valence-electron chi connectivity index (χ2n) is 4.70. The van der Waals surface area contributed by atoms with Gasteiger partial charge in [-0.2, -0.15) is 0 Å². The van der Waals surface area contributed by atoms with Crippen molar-refractivity contribution in [1.82, 2.24) is 9.62 Å². The predicted octanol–water partition coefficient (Wildman–Crippen LogP) is 1.09. The smallest absolute Gasteiger partial charge is 0.305 e. The van der Waals surface area contributed by atoms with E-state index in [1.165, 1.54) is 35.2 Å². The molecule has 1 aromatic carbocycles. The number of hydrogen-bond donors (Lipinski definition) is 2. The van der Waals surface area contributed by atoms with Crippen LogP contribution in [0.2, 0.25) is 0 Å². The standard InChI is InChI=1S/C15H20N2O5S/c1-3-9-16-23(21,22)13-7-5-6-12(11-13)15(20)17(4-2)10-8-14(18)19/h3,5-7,11,16H,1,4,8-10H2,2H3,(H,18,19). The fourth-order valence-electron chi connectivity index (χ4n) is 1.86. The summed E-state index contributed by atoms with van der Waals surface area (Å²) in [6.45, 7) is 5.65. The van der Waals surface area contributed by atoms with Gasteiger partial charge in [-0.1, -0.05) is 12.1 Å². The van der Waals surface area contributed by atoms with Crippen LogP contribution in [-0.2, 0) is 14.8 Å². The summed E-state index contributed by atoms with van der Waals surface area (Å²) in [5, 5.41) is 8.71. The minimum atomic E-state index is -3.72. The van der Waals surface area contributed by atoms with Crippen LogP contribution in [0.15, 0.2) is 41.8 Å². The van der Waals surface area contributed by atoms with Crippen molar-refractivity contribution in [2.24, 2.45) is 0 Å². The molecule has 0 fully saturated rings. The van der Waals surface area contributed by atoms with Gasteiger partial charge in [0.2, 0.25) is 10.0 Å². The van der Waals surface area contributed by atoms with Crippen LogP contribution in [0.3, 0.4) is 0 Å². The minimum absolute atomic E-state index is 0.0283. The summed E-state index contributed by atoms with van der Waals surface area (Å²) in [4.78, 5) is 24.3. The number of amides is 1. The normalized spacial score (nSPS) is 11.0. The summed E-state index contributed by atoms with van der Waals surface area (Å²) in [5.41, 5.74) is 0.193. The summed E-state index contributed by atoms with van der Waals surface area (Å²) in [7, 11) is -3.72. The second-order valence-corrected chi connectivity index (χ2v) is 6.46. The Bertz CT molecular complexity index is 685. The number of nitrogens with one attached hydrogen (secondary N) is 1. The molecule has 1 amide bonds. The molecule has 7 nitrogen and oxygen atoms in total. The molecular formula is C15H20N2O5S. The van der Waals surface area contributed by atoms with Crippen LogP contribution in [0.25, 0.3) is 0 Å². The van der Waals surface area contributed by atoms with E-state index in [1.54, 1.807) is 6.92 Å². The van der Waals surface area contributed by atoms with Crippen LogP contribution in [0, 0.1) is 0 Å². The van der Waals surface area contributed by atoms with Crippen LogP contribution in [-0.4, -0.2) is 49.9 Å². The lowest BCUT2D eigenvalue weighted by Gasteiger charge is -2.20. The molecule has 0 radical (unpaired) electrons. The van der Waals surface area contributed by atoms with Crippen LogP contribution in [0.5, 0.6) is 0 Å². The van der Waals surface area contributed by atoms with Crippen LogP contribution < -0.4 is 4.72 Å². The molecule has 126 valence electrons. The van der Waals surface area contributed by atoms with Gasteiger partial charge in [0, 0.05) is 25.2 Å². The lowest BCUT2D eigenvalue weighted by molar-refractivity contribution is -0.137. The molecule has 0 spiro atoms. The first-order valence-electron chi connectivity index (χ1n) is 7.03. The Morgan fingerprint density at radius 2 is 2.09 bits per heavy atom. The Labute approximate surface area is 135 Å². The molecule has 0 aliphatic heterocycles. The maximum absolute atomic E-state index is 12.4. The van der Waals surface area contributed by atoms with Crippen molar-refractivity contribution in [1.29, 1.82) is 0 Å². The van der Waals surface area contributed by atoms with Crippen LogP contribution in [0.1, 0.15) is 23.7 Å². The summed E-state index contributed by atoms with van der Waals surface area (Å²) < 4.78 is 26.4. The maximum Gasteiger partial charge on any atom is 0.305 e. The van der Waals surface area contributed by atoms with E-state index in [9.17, 15) is 18.0 Å². The average Bonchev–Trinajstić information content (AvgIpc) is 2.53. The van der Waals surface area contributed by atoms with Gasteiger partial charge in [0.25, 0.3) is 5.91 Å². The summed E-state index contributed by atoms with van der Waals surface area (Å²) in [6, 6.07) is 5.63. The molecule has 0 bridgehead atoms. The zero-order valence-electron chi connectivity index (χ0n) is 12.9. The van der Waals surface area contributed by atoms with Gasteiger partial charge in [0.15, 0.2) is 0 Å². The number of carbonyl (C=O) groups excluding carboxylic acids is 1. The van der Waals surface area contributed by atoms with E-state index in [-0.39, 0.29) is 30.0 Å². The minimum Gasteiger partial charge on any atom is -0.481 e. The van der Waals surface area contributed by atoms with Gasteiger partial charge < -0.3 is 10.0 Å². The van der Waals surface area contributed by atoms with Gasteiger partial charge in [-0.25, -0.2) is 13.1 Å². The zero-order chi connectivity index (χ0) is 17.5. The molecular weight excluding hydrogens is 320 g/mol. The van der Waals surface area contributed by atoms with Crippen molar-refractivity contribution in [3.63, 3.8) is 0 Å². The van der Waals surface area contributed by atoms with E-state index in [4.69, 9.17) is 5.11 Å². The number of rotatable bonds is 9. The molecule has 0 aliphatic rings. The van der Waals surface area contributed by atoms with Crippen molar-refractivity contribution < 1.29 is 23.1 Å². The Kier molecular flexibility index (Phi) is 6.92. The van der Waals surface area contributed by atoms with E-state index in [2.05, 4.69) is 11.3 Å². The first-order chi connectivity index (χ1) is 10.8. The molecule has 2 N–H and O–H groups in total. The molecule has 1 aromatic rings. The third-order valence-electron chi connectivity index (χ3n) is 3.07. The molecule has 1 rings (SSSR count). The van der Waals surface area contributed by atoms with Crippen LogP contribution in [0.4, 0.5) is 0 Å². The quantitative estimate of drug-likeness (QED) is 0.655. The zero-order valence-corrected chi connectivity index (χ0v) is 13.7. The van der Waals surface area contributed by atoms with Gasteiger partial charge in [0.1, 0.15) is 0 Å². The lowest BCUT2D eigenvalue weighted by atomic mass is 10.2. The van der Waals surface area contributed by atoms with E-state index < -0.39 is 21.9 Å². The first kappa shape index (κ1) is 18.9. The Balaban J connectivity index is 3.00. The fourth-order valence-corrected chi connectivity index (χ4v) is 2.91. The molecule has 0 atom stereocenters. The van der Waals surface area contributed by atoms with E-state index in [0.29, 0.717) is 6.54 Å². The van der Waals surface area contributed by atoms with Crippen molar-refractivity contribution in [3.05, 3.63) is 42.5 Å². The topological polar surface area (TPSA) is 104 Å². The van der Waals surface area contributed by atoms with Crippen molar-refractivity contribution in [2.45, 2.75) is 18.2 Å². The first-order valence-corrected chi connectivity index (χ1v) is 8.51. The highest BCUT2D eigenvalue weighted by Crippen LogP contribution is 2.13. The lowest BCUT2D eigenvalue weighted by Crippen LogP contribution is -2.33. The monoisotopic (exact) mass is 340 g/mol. The third-order valence-corrected chi connectivity index (χ3v) is 4.49. The Morgan fingerprint density at radius 1 is 1.39 bits per heavy atom. The number of benzene rings is 1. The Hall–Kier alpha value is -2.19. The molecule has 0 aliphatic carbocycles. The molecule has 0 aromatic heterocycles. The Morgan fingerprint density at radius 3 is 2.65 bits per heavy atom. The molecule has 8 heteroatoms. The van der Waals surface area contributed by atoms with E-state index in [1.807, 2.05) is 0 Å². The average molecular weight is 340 g/mol. The number of carbonyl (C=O) groups is 2. The van der Waals surface area contributed by atoms with Crippen molar-refractivity contribution >= 4 is 21.9 Å². The van der Waals surface area contributed by atoms with Gasteiger partial charge in [0.05, 0.1) is 11.3 Å². The van der Waals surface area contributed by atoms with Gasteiger partial charge in [-0.05, 0) is 25.1 Å². The van der Waals surface area contributed by atoms with Gasteiger partial charge >= 0.3 is 5.97 Å². The summed E-state index contributed by atoms with van der Waals surface area (Å²) >= 11 is 0. The van der Waals surface area contributed by atoms with Crippen LogP contribution >= 0.6 is 0 Å². The summed E-state index contributed by atoms with van der Waals surface area (Å²) in [5.74, 6) is -1.41. The molecule has 0 saturated carbocycles. The van der Waals surface area contributed by atoms with Crippen molar-refractivity contribution in [2.75, 3.05) is 19.6 Å². The molecule has 0 heterocycles.